The zero-order valence-electron chi connectivity index (χ0n) is 11.0. The van der Waals surface area contributed by atoms with Gasteiger partial charge in [-0.1, -0.05) is 29.3 Å². The highest BCUT2D eigenvalue weighted by molar-refractivity contribution is 7.10. The van der Waals surface area contributed by atoms with Crippen LogP contribution in [0.15, 0.2) is 46.4 Å². The molecular formula is C15H10Cl2N2OS. The van der Waals surface area contributed by atoms with Crippen LogP contribution in [0, 0.1) is 0 Å². The summed E-state index contributed by atoms with van der Waals surface area (Å²) in [6.07, 6.45) is 1.85. The van der Waals surface area contributed by atoms with Gasteiger partial charge in [-0.15, -0.1) is 11.3 Å². The van der Waals surface area contributed by atoms with E-state index in [0.717, 1.165) is 4.88 Å². The third kappa shape index (κ3) is 2.88. The van der Waals surface area contributed by atoms with Gasteiger partial charge in [0.1, 0.15) is 0 Å². The number of halogens is 2. The van der Waals surface area contributed by atoms with Crippen LogP contribution in [0.1, 0.15) is 11.8 Å². The normalized spacial score (nSPS) is 16.7. The molecule has 0 spiro atoms. The molecule has 2 heterocycles. The van der Waals surface area contributed by atoms with Crippen LogP contribution in [-0.4, -0.2) is 11.6 Å². The van der Waals surface area contributed by atoms with Crippen LogP contribution in [0.4, 0.5) is 5.69 Å². The Balaban J connectivity index is 1.99. The molecule has 0 saturated carbocycles. The van der Waals surface area contributed by atoms with E-state index >= 15 is 0 Å². The van der Waals surface area contributed by atoms with Gasteiger partial charge in [-0.05, 0) is 42.6 Å². The van der Waals surface area contributed by atoms with E-state index in [1.165, 1.54) is 5.01 Å². The molecular weight excluding hydrogens is 327 g/mol. The Morgan fingerprint density at radius 3 is 2.57 bits per heavy atom. The highest BCUT2D eigenvalue weighted by atomic mass is 35.5. The number of nitrogens with zero attached hydrogens (tertiary/aromatic N) is 2. The van der Waals surface area contributed by atoms with E-state index in [-0.39, 0.29) is 5.91 Å². The first-order valence-electron chi connectivity index (χ1n) is 6.16. The van der Waals surface area contributed by atoms with Crippen molar-refractivity contribution < 1.29 is 4.79 Å². The Morgan fingerprint density at radius 1 is 1.24 bits per heavy atom. The molecule has 21 heavy (non-hydrogen) atoms. The van der Waals surface area contributed by atoms with Crippen LogP contribution < -0.4 is 5.01 Å². The van der Waals surface area contributed by atoms with Crippen molar-refractivity contribution >= 4 is 57.9 Å². The minimum atomic E-state index is -0.181. The molecule has 1 aromatic carbocycles. The molecule has 0 atom stereocenters. The number of carbonyl (C=O) groups is 1. The van der Waals surface area contributed by atoms with Gasteiger partial charge in [-0.3, -0.25) is 4.79 Å². The molecule has 1 aromatic heterocycles. The SMILES string of the molecule is CC1=NN(c2cc(Cl)cc(Cl)c2)C(=O)C1=Cc1cccs1. The molecule has 1 aliphatic heterocycles. The number of hydrogen-bond acceptors (Lipinski definition) is 3. The van der Waals surface area contributed by atoms with Crippen molar-refractivity contribution in [2.45, 2.75) is 6.92 Å². The topological polar surface area (TPSA) is 32.7 Å². The third-order valence-electron chi connectivity index (χ3n) is 2.98. The second-order valence-corrected chi connectivity index (χ2v) is 6.36. The van der Waals surface area contributed by atoms with Crippen molar-refractivity contribution in [2.75, 3.05) is 5.01 Å². The number of carbonyl (C=O) groups excluding carboxylic acids is 1. The van der Waals surface area contributed by atoms with E-state index in [2.05, 4.69) is 5.10 Å². The molecule has 0 fully saturated rings. The lowest BCUT2D eigenvalue weighted by Gasteiger charge is -2.12. The number of anilines is 1. The molecule has 0 aliphatic carbocycles. The summed E-state index contributed by atoms with van der Waals surface area (Å²) in [5.41, 5.74) is 1.81. The van der Waals surface area contributed by atoms with E-state index in [1.807, 2.05) is 30.5 Å². The molecule has 3 nitrogen and oxygen atoms in total. The molecule has 0 bridgehead atoms. The van der Waals surface area contributed by atoms with Crippen molar-refractivity contribution in [2.24, 2.45) is 5.10 Å². The highest BCUT2D eigenvalue weighted by Crippen LogP contribution is 2.30. The summed E-state index contributed by atoms with van der Waals surface area (Å²) >= 11 is 13.5. The lowest BCUT2D eigenvalue weighted by atomic mass is 10.1. The van der Waals surface area contributed by atoms with Gasteiger partial charge < -0.3 is 0 Å². The van der Waals surface area contributed by atoms with Crippen molar-refractivity contribution in [1.82, 2.24) is 0 Å². The first-order chi connectivity index (χ1) is 10.0. The van der Waals surface area contributed by atoms with Gasteiger partial charge >= 0.3 is 0 Å². The standard InChI is InChI=1S/C15H10Cl2N2OS/c1-9-14(8-13-3-2-4-21-13)15(20)19(18-9)12-6-10(16)5-11(17)7-12/h2-8H,1H3. The van der Waals surface area contributed by atoms with Crippen LogP contribution in [0.3, 0.4) is 0 Å². The summed E-state index contributed by atoms with van der Waals surface area (Å²) in [6.45, 7) is 1.81. The Hall–Kier alpha value is -1.62. The van der Waals surface area contributed by atoms with Crippen LogP contribution in [0.2, 0.25) is 10.0 Å². The predicted octanol–water partition coefficient (Wildman–Crippen LogP) is 4.86. The van der Waals surface area contributed by atoms with E-state index in [0.29, 0.717) is 27.0 Å². The van der Waals surface area contributed by atoms with E-state index in [9.17, 15) is 4.79 Å². The lowest BCUT2D eigenvalue weighted by molar-refractivity contribution is -0.114. The molecule has 1 aliphatic rings. The minimum absolute atomic E-state index is 0.181. The number of hydrazone groups is 1. The smallest absolute Gasteiger partial charge is 0.267 e. The largest absolute Gasteiger partial charge is 0.280 e. The highest BCUT2D eigenvalue weighted by Gasteiger charge is 2.29. The fourth-order valence-electron chi connectivity index (χ4n) is 2.04. The van der Waals surface area contributed by atoms with Crippen LogP contribution in [0.25, 0.3) is 6.08 Å². The fraction of sp³-hybridized carbons (Fsp3) is 0.0667. The van der Waals surface area contributed by atoms with Gasteiger partial charge in [0.25, 0.3) is 5.91 Å². The number of benzene rings is 1. The van der Waals surface area contributed by atoms with Crippen molar-refractivity contribution in [3.8, 4) is 0 Å². The van der Waals surface area contributed by atoms with Gasteiger partial charge in [0.05, 0.1) is 17.0 Å². The maximum atomic E-state index is 12.5. The summed E-state index contributed by atoms with van der Waals surface area (Å²) in [5.74, 6) is -0.181. The summed E-state index contributed by atoms with van der Waals surface area (Å²) < 4.78 is 0. The molecule has 3 rings (SSSR count). The first kappa shape index (κ1) is 14.3. The lowest BCUT2D eigenvalue weighted by Crippen LogP contribution is -2.21. The summed E-state index contributed by atoms with van der Waals surface area (Å²) in [7, 11) is 0. The zero-order chi connectivity index (χ0) is 15.0. The quantitative estimate of drug-likeness (QED) is 0.720. The molecule has 0 N–H and O–H groups in total. The molecule has 2 aromatic rings. The van der Waals surface area contributed by atoms with Crippen molar-refractivity contribution in [1.29, 1.82) is 0 Å². The fourth-order valence-corrected chi connectivity index (χ4v) is 3.21. The maximum absolute atomic E-state index is 12.5. The van der Waals surface area contributed by atoms with E-state index in [4.69, 9.17) is 23.2 Å². The monoisotopic (exact) mass is 336 g/mol. The number of amides is 1. The molecule has 106 valence electrons. The first-order valence-corrected chi connectivity index (χ1v) is 7.79. The van der Waals surface area contributed by atoms with E-state index < -0.39 is 0 Å². The maximum Gasteiger partial charge on any atom is 0.280 e. The van der Waals surface area contributed by atoms with Gasteiger partial charge in [-0.25, -0.2) is 0 Å². The Labute approximate surface area is 136 Å². The van der Waals surface area contributed by atoms with Crippen molar-refractivity contribution in [3.63, 3.8) is 0 Å². The summed E-state index contributed by atoms with van der Waals surface area (Å²) in [6, 6.07) is 8.84. The zero-order valence-corrected chi connectivity index (χ0v) is 13.3. The summed E-state index contributed by atoms with van der Waals surface area (Å²) in [5, 5.41) is 8.53. The number of thiophene rings is 1. The van der Waals surface area contributed by atoms with E-state index in [1.54, 1.807) is 29.5 Å². The van der Waals surface area contributed by atoms with Crippen molar-refractivity contribution in [3.05, 3.63) is 56.2 Å². The average Bonchev–Trinajstić information content (AvgIpc) is 3.01. The number of hydrogen-bond donors (Lipinski definition) is 0. The Kier molecular flexibility index (Phi) is 3.85. The van der Waals surface area contributed by atoms with Gasteiger partial charge in [-0.2, -0.15) is 10.1 Å². The second kappa shape index (κ2) is 5.64. The van der Waals surface area contributed by atoms with Crippen LogP contribution in [0.5, 0.6) is 0 Å². The molecule has 1 amide bonds. The average molecular weight is 337 g/mol. The molecule has 0 radical (unpaired) electrons. The number of rotatable bonds is 2. The minimum Gasteiger partial charge on any atom is -0.267 e. The van der Waals surface area contributed by atoms with Gasteiger partial charge in [0.2, 0.25) is 0 Å². The predicted molar refractivity (Wildman–Crippen MR) is 89.4 cm³/mol. The third-order valence-corrected chi connectivity index (χ3v) is 4.24. The molecule has 0 saturated heterocycles. The van der Waals surface area contributed by atoms with Gasteiger partial charge in [0.15, 0.2) is 0 Å². The van der Waals surface area contributed by atoms with Crippen LogP contribution in [-0.2, 0) is 4.79 Å². The Bertz CT molecular complexity index is 746. The second-order valence-electron chi connectivity index (χ2n) is 4.50. The molecule has 0 unspecified atom stereocenters. The van der Waals surface area contributed by atoms with Gasteiger partial charge in [0, 0.05) is 14.9 Å². The Morgan fingerprint density at radius 2 is 1.95 bits per heavy atom. The van der Waals surface area contributed by atoms with Crippen LogP contribution >= 0.6 is 34.5 Å². The summed E-state index contributed by atoms with van der Waals surface area (Å²) in [4.78, 5) is 13.5. The molecule has 6 heteroatoms.